The van der Waals surface area contributed by atoms with Gasteiger partial charge in [-0.15, -0.1) is 11.3 Å². The van der Waals surface area contributed by atoms with Crippen LogP contribution in [0.4, 0.5) is 0 Å². The summed E-state index contributed by atoms with van der Waals surface area (Å²) in [5, 5.41) is 1.94. The Hall–Kier alpha value is -0.910. The summed E-state index contributed by atoms with van der Waals surface area (Å²) >= 11 is 1.52. The fraction of sp³-hybridized carbons (Fsp3) is 0.583. The maximum Gasteiger partial charge on any atom is 0.245 e. The largest absolute Gasteiger partial charge is 0.375 e. The minimum Gasteiger partial charge on any atom is -0.375 e. The SMILES string of the molecule is CC1CN(C(=O)C(N)c2cccs2)C(C)CO1. The van der Waals surface area contributed by atoms with Crippen LogP contribution in [0.3, 0.4) is 0 Å². The molecule has 1 aliphatic heterocycles. The molecule has 5 heteroatoms. The smallest absolute Gasteiger partial charge is 0.245 e. The molecule has 1 fully saturated rings. The molecular weight excluding hydrogens is 236 g/mol. The second-order valence-electron chi connectivity index (χ2n) is 4.48. The van der Waals surface area contributed by atoms with Crippen molar-refractivity contribution in [3.05, 3.63) is 22.4 Å². The Morgan fingerprint density at radius 1 is 1.65 bits per heavy atom. The molecule has 2 heterocycles. The molecule has 1 aromatic rings. The molecule has 3 atom stereocenters. The zero-order valence-electron chi connectivity index (χ0n) is 10.1. The lowest BCUT2D eigenvalue weighted by Crippen LogP contribution is -2.52. The summed E-state index contributed by atoms with van der Waals surface area (Å²) in [5.41, 5.74) is 6.00. The highest BCUT2D eigenvalue weighted by Crippen LogP contribution is 2.21. The van der Waals surface area contributed by atoms with Crippen LogP contribution in [0.5, 0.6) is 0 Å². The number of rotatable bonds is 2. The molecule has 0 bridgehead atoms. The first-order valence-corrected chi connectivity index (χ1v) is 6.68. The van der Waals surface area contributed by atoms with Gasteiger partial charge in [0, 0.05) is 11.4 Å². The first-order chi connectivity index (χ1) is 8.09. The average molecular weight is 254 g/mol. The Balaban J connectivity index is 2.08. The minimum atomic E-state index is -0.539. The van der Waals surface area contributed by atoms with Gasteiger partial charge in [-0.2, -0.15) is 0 Å². The number of carbonyl (C=O) groups excluding carboxylic acids is 1. The summed E-state index contributed by atoms with van der Waals surface area (Å²) in [6.45, 7) is 5.18. The number of hydrogen-bond donors (Lipinski definition) is 1. The molecule has 0 radical (unpaired) electrons. The quantitative estimate of drug-likeness (QED) is 0.867. The van der Waals surface area contributed by atoms with E-state index in [9.17, 15) is 4.79 Å². The van der Waals surface area contributed by atoms with Gasteiger partial charge in [0.25, 0.3) is 0 Å². The Morgan fingerprint density at radius 2 is 2.41 bits per heavy atom. The molecule has 1 aromatic heterocycles. The van der Waals surface area contributed by atoms with Gasteiger partial charge in [-0.1, -0.05) is 6.07 Å². The van der Waals surface area contributed by atoms with E-state index in [2.05, 4.69) is 0 Å². The molecule has 1 saturated heterocycles. The number of nitrogens with two attached hydrogens (primary N) is 1. The summed E-state index contributed by atoms with van der Waals surface area (Å²) in [6, 6.07) is 3.38. The van der Waals surface area contributed by atoms with Crippen molar-refractivity contribution < 1.29 is 9.53 Å². The van der Waals surface area contributed by atoms with Crippen LogP contribution in [0.1, 0.15) is 24.8 Å². The standard InChI is InChI=1S/C12H18N2O2S/c1-8-7-16-9(2)6-14(8)12(15)11(13)10-4-3-5-17-10/h3-5,8-9,11H,6-7,13H2,1-2H3. The first kappa shape index (κ1) is 12.5. The second-order valence-corrected chi connectivity index (χ2v) is 5.46. The van der Waals surface area contributed by atoms with E-state index in [1.165, 1.54) is 11.3 Å². The van der Waals surface area contributed by atoms with Crippen LogP contribution in [-0.4, -0.2) is 36.1 Å². The van der Waals surface area contributed by atoms with E-state index in [4.69, 9.17) is 10.5 Å². The highest BCUT2D eigenvalue weighted by Gasteiger charge is 2.31. The van der Waals surface area contributed by atoms with Crippen molar-refractivity contribution in [1.29, 1.82) is 0 Å². The Morgan fingerprint density at radius 3 is 3.06 bits per heavy atom. The fourth-order valence-corrected chi connectivity index (χ4v) is 2.70. The third-order valence-corrected chi connectivity index (χ3v) is 3.96. The number of hydrogen-bond acceptors (Lipinski definition) is 4. The van der Waals surface area contributed by atoms with E-state index in [-0.39, 0.29) is 18.1 Å². The van der Waals surface area contributed by atoms with Gasteiger partial charge in [-0.3, -0.25) is 4.79 Å². The van der Waals surface area contributed by atoms with Crippen LogP contribution in [0, 0.1) is 0 Å². The number of amides is 1. The predicted molar refractivity (Wildman–Crippen MR) is 67.8 cm³/mol. The van der Waals surface area contributed by atoms with Crippen molar-refractivity contribution >= 4 is 17.2 Å². The monoisotopic (exact) mass is 254 g/mol. The zero-order valence-corrected chi connectivity index (χ0v) is 10.9. The van der Waals surface area contributed by atoms with Gasteiger partial charge in [0.2, 0.25) is 5.91 Å². The summed E-state index contributed by atoms with van der Waals surface area (Å²) in [5.74, 6) is -0.00454. The van der Waals surface area contributed by atoms with Crippen LogP contribution >= 0.6 is 11.3 Å². The molecule has 1 amide bonds. The molecule has 0 aliphatic carbocycles. The molecule has 0 spiro atoms. The molecular formula is C12H18N2O2S. The number of nitrogens with zero attached hydrogens (tertiary/aromatic N) is 1. The molecule has 1 aliphatic rings. The van der Waals surface area contributed by atoms with Crippen LogP contribution in [-0.2, 0) is 9.53 Å². The van der Waals surface area contributed by atoms with Gasteiger partial charge in [0.15, 0.2) is 0 Å². The highest BCUT2D eigenvalue weighted by molar-refractivity contribution is 7.10. The zero-order chi connectivity index (χ0) is 12.4. The average Bonchev–Trinajstić information content (AvgIpc) is 2.84. The van der Waals surface area contributed by atoms with Gasteiger partial charge in [-0.05, 0) is 25.3 Å². The van der Waals surface area contributed by atoms with Crippen molar-refractivity contribution in [1.82, 2.24) is 4.90 Å². The summed E-state index contributed by atoms with van der Waals surface area (Å²) in [6.07, 6.45) is 0.0886. The molecule has 3 unspecified atom stereocenters. The molecule has 4 nitrogen and oxygen atoms in total. The van der Waals surface area contributed by atoms with Crippen LogP contribution in [0.15, 0.2) is 17.5 Å². The molecule has 94 valence electrons. The Bertz CT molecular complexity index is 380. The van der Waals surface area contributed by atoms with E-state index in [1.807, 2.05) is 36.3 Å². The number of morpholine rings is 1. The van der Waals surface area contributed by atoms with Gasteiger partial charge in [-0.25, -0.2) is 0 Å². The van der Waals surface area contributed by atoms with Crippen LogP contribution in [0.2, 0.25) is 0 Å². The molecule has 2 rings (SSSR count). The van der Waals surface area contributed by atoms with E-state index >= 15 is 0 Å². The fourth-order valence-electron chi connectivity index (χ4n) is 1.98. The third kappa shape index (κ3) is 2.68. The predicted octanol–water partition coefficient (Wildman–Crippen LogP) is 1.38. The lowest BCUT2D eigenvalue weighted by Gasteiger charge is -2.38. The molecule has 17 heavy (non-hydrogen) atoms. The highest BCUT2D eigenvalue weighted by atomic mass is 32.1. The minimum absolute atomic E-state index is 0.00454. The van der Waals surface area contributed by atoms with Crippen molar-refractivity contribution in [2.75, 3.05) is 13.2 Å². The molecule has 0 saturated carbocycles. The van der Waals surface area contributed by atoms with Crippen LogP contribution < -0.4 is 5.73 Å². The van der Waals surface area contributed by atoms with Gasteiger partial charge in [0.1, 0.15) is 6.04 Å². The number of carbonyl (C=O) groups is 1. The van der Waals surface area contributed by atoms with E-state index in [0.717, 1.165) is 4.88 Å². The lowest BCUT2D eigenvalue weighted by molar-refractivity contribution is -0.144. The first-order valence-electron chi connectivity index (χ1n) is 5.80. The molecule has 2 N–H and O–H groups in total. The van der Waals surface area contributed by atoms with E-state index < -0.39 is 6.04 Å². The van der Waals surface area contributed by atoms with Gasteiger partial charge in [0.05, 0.1) is 18.8 Å². The number of thiophene rings is 1. The summed E-state index contributed by atoms with van der Waals surface area (Å²) in [4.78, 5) is 15.1. The maximum absolute atomic E-state index is 12.3. The van der Waals surface area contributed by atoms with Crippen molar-refractivity contribution in [2.24, 2.45) is 5.73 Å². The third-order valence-electron chi connectivity index (χ3n) is 3.01. The van der Waals surface area contributed by atoms with Crippen molar-refractivity contribution in [2.45, 2.75) is 32.0 Å². The lowest BCUT2D eigenvalue weighted by atomic mass is 10.1. The Labute approximate surface area is 105 Å². The van der Waals surface area contributed by atoms with Crippen LogP contribution in [0.25, 0.3) is 0 Å². The summed E-state index contributed by atoms with van der Waals surface area (Å²) in [7, 11) is 0. The van der Waals surface area contributed by atoms with Crippen molar-refractivity contribution in [3.63, 3.8) is 0 Å². The summed E-state index contributed by atoms with van der Waals surface area (Å²) < 4.78 is 5.51. The maximum atomic E-state index is 12.3. The van der Waals surface area contributed by atoms with E-state index in [1.54, 1.807) is 0 Å². The molecule has 0 aromatic carbocycles. The number of ether oxygens (including phenoxy) is 1. The normalized spacial score (nSPS) is 26.9. The van der Waals surface area contributed by atoms with Crippen molar-refractivity contribution in [3.8, 4) is 0 Å². The van der Waals surface area contributed by atoms with Gasteiger partial charge < -0.3 is 15.4 Å². The topological polar surface area (TPSA) is 55.6 Å². The van der Waals surface area contributed by atoms with Gasteiger partial charge >= 0.3 is 0 Å². The Kier molecular flexibility index (Phi) is 3.81. The van der Waals surface area contributed by atoms with E-state index in [0.29, 0.717) is 13.2 Å². The second kappa shape index (κ2) is 5.16.